The number of amides is 2. The Morgan fingerprint density at radius 2 is 2.33 bits per heavy atom. The Kier molecular flexibility index (Phi) is 3.78. The van der Waals surface area contributed by atoms with Gasteiger partial charge in [-0.2, -0.15) is 0 Å². The zero-order valence-electron chi connectivity index (χ0n) is 10.1. The van der Waals surface area contributed by atoms with Crippen LogP contribution in [0.5, 0.6) is 5.75 Å². The third kappa shape index (κ3) is 2.98. The average molecular weight is 249 g/mol. The molecule has 0 radical (unpaired) electrons. The van der Waals surface area contributed by atoms with Crippen molar-refractivity contribution in [3.63, 3.8) is 0 Å². The van der Waals surface area contributed by atoms with Gasteiger partial charge in [-0.05, 0) is 24.1 Å². The number of anilines is 1. The van der Waals surface area contributed by atoms with Crippen LogP contribution in [0.25, 0.3) is 0 Å². The minimum absolute atomic E-state index is 0.0525. The molecule has 6 nitrogen and oxygen atoms in total. The van der Waals surface area contributed by atoms with Crippen molar-refractivity contribution in [1.29, 1.82) is 0 Å². The van der Waals surface area contributed by atoms with Crippen molar-refractivity contribution >= 4 is 17.5 Å². The number of nitrogens with one attached hydrogen (secondary N) is 3. The van der Waals surface area contributed by atoms with Crippen LogP contribution in [-0.2, 0) is 16.0 Å². The van der Waals surface area contributed by atoms with Crippen LogP contribution in [0.4, 0.5) is 5.69 Å². The van der Waals surface area contributed by atoms with E-state index in [-0.39, 0.29) is 18.4 Å². The van der Waals surface area contributed by atoms with Crippen molar-refractivity contribution in [2.24, 2.45) is 0 Å². The molecule has 1 heterocycles. The number of rotatable bonds is 4. The Hall–Kier alpha value is -2.08. The first kappa shape index (κ1) is 12.4. The Balaban J connectivity index is 2.00. The van der Waals surface area contributed by atoms with Gasteiger partial charge in [-0.25, -0.2) is 5.43 Å². The van der Waals surface area contributed by atoms with Gasteiger partial charge in [0, 0.05) is 13.5 Å². The van der Waals surface area contributed by atoms with Gasteiger partial charge in [0.1, 0.15) is 5.75 Å². The molecule has 1 aromatic rings. The highest BCUT2D eigenvalue weighted by atomic mass is 16.5. The quantitative estimate of drug-likeness (QED) is 0.666. The maximum Gasteiger partial charge on any atom is 0.262 e. The number of aryl methyl sites for hydroxylation is 1. The number of hydrogen-bond donors (Lipinski definition) is 3. The van der Waals surface area contributed by atoms with Crippen LogP contribution >= 0.6 is 0 Å². The standard InChI is InChI=1S/C12H15N3O3/c1-13-15-11(16)5-3-8-2-4-10-9(6-8)14-12(17)7-18-10/h2,4,6,13H,3,5,7H2,1H3,(H,14,17)(H,15,16). The summed E-state index contributed by atoms with van der Waals surface area (Å²) in [5.41, 5.74) is 6.73. The first-order chi connectivity index (χ1) is 8.69. The summed E-state index contributed by atoms with van der Waals surface area (Å²) in [5.74, 6) is 0.432. The second kappa shape index (κ2) is 5.50. The van der Waals surface area contributed by atoms with E-state index in [4.69, 9.17) is 4.74 Å². The zero-order chi connectivity index (χ0) is 13.0. The third-order valence-corrected chi connectivity index (χ3v) is 2.58. The van der Waals surface area contributed by atoms with Gasteiger partial charge in [-0.3, -0.25) is 15.0 Å². The zero-order valence-corrected chi connectivity index (χ0v) is 10.1. The Morgan fingerprint density at radius 3 is 3.11 bits per heavy atom. The van der Waals surface area contributed by atoms with Gasteiger partial charge in [0.2, 0.25) is 5.91 Å². The molecule has 0 atom stereocenters. The van der Waals surface area contributed by atoms with Crippen LogP contribution in [-0.4, -0.2) is 25.5 Å². The summed E-state index contributed by atoms with van der Waals surface area (Å²) in [6.07, 6.45) is 0.991. The van der Waals surface area contributed by atoms with Crippen molar-refractivity contribution in [2.45, 2.75) is 12.8 Å². The molecule has 1 aliphatic heterocycles. The van der Waals surface area contributed by atoms with E-state index in [1.165, 1.54) is 0 Å². The van der Waals surface area contributed by atoms with Crippen LogP contribution in [0, 0.1) is 0 Å². The fraction of sp³-hybridized carbons (Fsp3) is 0.333. The molecule has 0 fully saturated rings. The highest BCUT2D eigenvalue weighted by molar-refractivity contribution is 5.95. The third-order valence-electron chi connectivity index (χ3n) is 2.58. The lowest BCUT2D eigenvalue weighted by Gasteiger charge is -2.18. The number of benzene rings is 1. The van der Waals surface area contributed by atoms with Gasteiger partial charge in [-0.15, -0.1) is 0 Å². The number of carbonyl (C=O) groups is 2. The fourth-order valence-electron chi connectivity index (χ4n) is 1.75. The smallest absolute Gasteiger partial charge is 0.262 e. The van der Waals surface area contributed by atoms with Crippen LogP contribution < -0.4 is 20.9 Å². The molecule has 2 rings (SSSR count). The van der Waals surface area contributed by atoms with Crippen molar-refractivity contribution in [3.8, 4) is 5.75 Å². The fourth-order valence-corrected chi connectivity index (χ4v) is 1.75. The molecule has 0 saturated heterocycles. The normalized spacial score (nSPS) is 13.3. The molecule has 1 aliphatic rings. The highest BCUT2D eigenvalue weighted by Crippen LogP contribution is 2.28. The van der Waals surface area contributed by atoms with Crippen LogP contribution in [0.3, 0.4) is 0 Å². The largest absolute Gasteiger partial charge is 0.482 e. The molecule has 0 aliphatic carbocycles. The minimum atomic E-state index is -0.160. The van der Waals surface area contributed by atoms with Crippen LogP contribution in [0.1, 0.15) is 12.0 Å². The summed E-state index contributed by atoms with van der Waals surface area (Å²) >= 11 is 0. The molecule has 0 aromatic heterocycles. The van der Waals surface area contributed by atoms with Gasteiger partial charge < -0.3 is 10.1 Å². The molecule has 0 unspecified atom stereocenters. The Morgan fingerprint density at radius 1 is 1.50 bits per heavy atom. The van der Waals surface area contributed by atoms with E-state index in [9.17, 15) is 9.59 Å². The maximum atomic E-state index is 11.3. The lowest BCUT2D eigenvalue weighted by Crippen LogP contribution is -2.34. The SMILES string of the molecule is CNNC(=O)CCc1ccc2c(c1)NC(=O)CO2. The summed E-state index contributed by atoms with van der Waals surface area (Å²) in [6.45, 7) is 0.0525. The second-order valence-electron chi connectivity index (χ2n) is 3.97. The molecule has 0 spiro atoms. The van der Waals surface area contributed by atoms with E-state index in [0.29, 0.717) is 24.3 Å². The number of fused-ring (bicyclic) bond motifs is 1. The maximum absolute atomic E-state index is 11.3. The number of ether oxygens (including phenoxy) is 1. The monoisotopic (exact) mass is 249 g/mol. The first-order valence-electron chi connectivity index (χ1n) is 5.70. The summed E-state index contributed by atoms with van der Waals surface area (Å²) in [6, 6.07) is 5.53. The summed E-state index contributed by atoms with van der Waals surface area (Å²) in [4.78, 5) is 22.5. The molecule has 0 saturated carbocycles. The number of hydrazine groups is 1. The number of hydrogen-bond acceptors (Lipinski definition) is 4. The summed E-state index contributed by atoms with van der Waals surface area (Å²) in [5, 5.41) is 2.74. The molecule has 96 valence electrons. The molecule has 6 heteroatoms. The molecule has 2 amide bonds. The number of carbonyl (C=O) groups excluding carboxylic acids is 2. The van der Waals surface area contributed by atoms with Crippen molar-refractivity contribution in [2.75, 3.05) is 19.0 Å². The Labute approximate surface area is 105 Å². The molecular formula is C12H15N3O3. The van der Waals surface area contributed by atoms with E-state index in [2.05, 4.69) is 16.2 Å². The Bertz CT molecular complexity index is 474. The molecule has 1 aromatic carbocycles. The van der Waals surface area contributed by atoms with Crippen molar-refractivity contribution < 1.29 is 14.3 Å². The van der Waals surface area contributed by atoms with Crippen LogP contribution in [0.15, 0.2) is 18.2 Å². The van der Waals surface area contributed by atoms with Gasteiger partial charge in [0.15, 0.2) is 6.61 Å². The van der Waals surface area contributed by atoms with Gasteiger partial charge in [0.05, 0.1) is 5.69 Å². The summed E-state index contributed by atoms with van der Waals surface area (Å²) < 4.78 is 5.25. The molecule has 18 heavy (non-hydrogen) atoms. The second-order valence-corrected chi connectivity index (χ2v) is 3.97. The topological polar surface area (TPSA) is 79.5 Å². The van der Waals surface area contributed by atoms with Crippen LogP contribution in [0.2, 0.25) is 0 Å². The van der Waals surface area contributed by atoms with Gasteiger partial charge in [0.25, 0.3) is 5.91 Å². The van der Waals surface area contributed by atoms with E-state index < -0.39 is 0 Å². The van der Waals surface area contributed by atoms with Crippen molar-refractivity contribution in [3.05, 3.63) is 23.8 Å². The molecule has 0 bridgehead atoms. The van der Waals surface area contributed by atoms with Gasteiger partial charge in [-0.1, -0.05) is 6.07 Å². The molecular weight excluding hydrogens is 234 g/mol. The van der Waals surface area contributed by atoms with E-state index in [0.717, 1.165) is 5.56 Å². The first-order valence-corrected chi connectivity index (χ1v) is 5.70. The van der Waals surface area contributed by atoms with E-state index in [1.807, 2.05) is 12.1 Å². The van der Waals surface area contributed by atoms with E-state index in [1.54, 1.807) is 13.1 Å². The van der Waals surface area contributed by atoms with Gasteiger partial charge >= 0.3 is 0 Å². The average Bonchev–Trinajstić information content (AvgIpc) is 2.36. The highest BCUT2D eigenvalue weighted by Gasteiger charge is 2.15. The lowest BCUT2D eigenvalue weighted by molar-refractivity contribution is -0.122. The van der Waals surface area contributed by atoms with Crippen molar-refractivity contribution in [1.82, 2.24) is 10.9 Å². The lowest BCUT2D eigenvalue weighted by atomic mass is 10.1. The van der Waals surface area contributed by atoms with E-state index >= 15 is 0 Å². The predicted octanol–water partition coefficient (Wildman–Crippen LogP) is 0.201. The molecule has 3 N–H and O–H groups in total. The minimum Gasteiger partial charge on any atom is -0.482 e. The summed E-state index contributed by atoms with van der Waals surface area (Å²) in [7, 11) is 1.64. The predicted molar refractivity (Wildman–Crippen MR) is 66.1 cm³/mol.